The number of rotatable bonds is 3. The molecule has 1 aliphatic heterocycles. The van der Waals surface area contributed by atoms with Crippen molar-refractivity contribution >= 4 is 17.3 Å². The van der Waals surface area contributed by atoms with Gasteiger partial charge in [-0.3, -0.25) is 9.58 Å². The maximum Gasteiger partial charge on any atom is 0.162 e. The van der Waals surface area contributed by atoms with Gasteiger partial charge in [-0.25, -0.2) is 10.8 Å². The average molecular weight is 407 g/mol. The van der Waals surface area contributed by atoms with E-state index in [9.17, 15) is 5.26 Å². The number of hydrogen-bond donors (Lipinski definition) is 2. The monoisotopic (exact) mass is 406 g/mol. The third kappa shape index (κ3) is 3.40. The normalized spacial score (nSPS) is 14.5. The minimum Gasteiger partial charge on any atom is -0.497 e. The number of imidazole rings is 1. The molecule has 1 aliphatic rings. The van der Waals surface area contributed by atoms with Crippen molar-refractivity contribution in [1.82, 2.24) is 9.55 Å². The quantitative estimate of drug-likeness (QED) is 0.647. The Kier molecular flexibility index (Phi) is 4.89. The number of hydrogen-bond acceptors (Lipinski definition) is 6. The smallest absolute Gasteiger partial charge is 0.162 e. The van der Waals surface area contributed by atoms with E-state index in [0.29, 0.717) is 46.4 Å². The fourth-order valence-corrected chi connectivity index (χ4v) is 3.71. The number of nitrogens with two attached hydrogens (primary N) is 2. The fraction of sp³-hybridized carbons (Fsp3) is 0.143. The van der Waals surface area contributed by atoms with Crippen LogP contribution in [0.4, 0.5) is 5.69 Å². The minimum atomic E-state index is 0.343. The Bertz CT molecular complexity index is 1160. The van der Waals surface area contributed by atoms with Crippen LogP contribution in [0, 0.1) is 11.3 Å². The lowest BCUT2D eigenvalue weighted by molar-refractivity contribution is 0.415. The van der Waals surface area contributed by atoms with Gasteiger partial charge in [0.15, 0.2) is 5.69 Å². The SMILES string of the molecule is COc1ccc2c(c1)N(N)/C(=C(\N)Cc1cccc(Cl)c1)Cc1c(C#N)ncn1-2. The molecule has 2 heterocycles. The van der Waals surface area contributed by atoms with E-state index < -0.39 is 0 Å². The summed E-state index contributed by atoms with van der Waals surface area (Å²) in [6, 6.07) is 15.2. The molecular formula is C21H19ClN6O. The van der Waals surface area contributed by atoms with Crippen LogP contribution in [-0.2, 0) is 12.8 Å². The number of nitriles is 1. The number of allylic oxidation sites excluding steroid dienone is 2. The molecule has 0 fully saturated rings. The highest BCUT2D eigenvalue weighted by molar-refractivity contribution is 6.30. The van der Waals surface area contributed by atoms with E-state index >= 15 is 0 Å². The van der Waals surface area contributed by atoms with Crippen LogP contribution >= 0.6 is 11.6 Å². The molecule has 4 rings (SSSR count). The Morgan fingerprint density at radius 2 is 2.10 bits per heavy atom. The topological polar surface area (TPSA) is 106 Å². The van der Waals surface area contributed by atoms with Gasteiger partial charge in [0.2, 0.25) is 0 Å². The van der Waals surface area contributed by atoms with Gasteiger partial charge >= 0.3 is 0 Å². The Morgan fingerprint density at radius 1 is 1.28 bits per heavy atom. The summed E-state index contributed by atoms with van der Waals surface area (Å²) in [5, 5.41) is 11.7. The third-order valence-electron chi connectivity index (χ3n) is 4.95. The summed E-state index contributed by atoms with van der Waals surface area (Å²) in [6.07, 6.45) is 2.46. The molecule has 8 heteroatoms. The molecule has 2 aromatic carbocycles. The molecule has 0 aliphatic carbocycles. The number of anilines is 1. The summed E-state index contributed by atoms with van der Waals surface area (Å²) in [4.78, 5) is 4.24. The van der Waals surface area contributed by atoms with Crippen LogP contribution < -0.4 is 21.3 Å². The van der Waals surface area contributed by atoms with Gasteiger partial charge in [-0.1, -0.05) is 23.7 Å². The number of hydrazine groups is 1. The maximum absolute atomic E-state index is 9.51. The van der Waals surface area contributed by atoms with Gasteiger partial charge < -0.3 is 10.5 Å². The van der Waals surface area contributed by atoms with E-state index in [4.69, 9.17) is 27.9 Å². The minimum absolute atomic E-state index is 0.343. The van der Waals surface area contributed by atoms with Crippen LogP contribution in [0.3, 0.4) is 0 Å². The number of halogens is 1. The summed E-state index contributed by atoms with van der Waals surface area (Å²) >= 11 is 6.11. The second-order valence-electron chi connectivity index (χ2n) is 6.70. The zero-order valence-corrected chi connectivity index (χ0v) is 16.5. The highest BCUT2D eigenvalue weighted by Gasteiger charge is 2.26. The summed E-state index contributed by atoms with van der Waals surface area (Å²) in [7, 11) is 1.60. The molecule has 0 saturated heterocycles. The number of ether oxygens (including phenoxy) is 1. The lowest BCUT2D eigenvalue weighted by Gasteiger charge is -2.24. The molecule has 0 atom stereocenters. The number of nitrogens with zero attached hydrogens (tertiary/aromatic N) is 4. The van der Waals surface area contributed by atoms with Gasteiger partial charge in [0.05, 0.1) is 29.9 Å². The van der Waals surface area contributed by atoms with Crippen molar-refractivity contribution in [1.29, 1.82) is 5.26 Å². The van der Waals surface area contributed by atoms with Crippen molar-refractivity contribution in [2.75, 3.05) is 12.1 Å². The van der Waals surface area contributed by atoms with Gasteiger partial charge in [0.25, 0.3) is 0 Å². The van der Waals surface area contributed by atoms with E-state index in [2.05, 4.69) is 11.1 Å². The van der Waals surface area contributed by atoms with Gasteiger partial charge in [0, 0.05) is 29.6 Å². The molecule has 146 valence electrons. The Hall–Kier alpha value is -3.47. The van der Waals surface area contributed by atoms with Crippen LogP contribution in [0.2, 0.25) is 5.02 Å². The van der Waals surface area contributed by atoms with E-state index in [1.807, 2.05) is 47.0 Å². The zero-order valence-electron chi connectivity index (χ0n) is 15.8. The molecule has 0 bridgehead atoms. The molecule has 3 aromatic rings. The second-order valence-corrected chi connectivity index (χ2v) is 7.14. The highest BCUT2D eigenvalue weighted by Crippen LogP contribution is 2.36. The molecule has 7 nitrogen and oxygen atoms in total. The first-order valence-corrected chi connectivity index (χ1v) is 9.31. The molecule has 0 radical (unpaired) electrons. The summed E-state index contributed by atoms with van der Waals surface area (Å²) < 4.78 is 7.23. The molecular weight excluding hydrogens is 388 g/mol. The number of benzene rings is 2. The molecule has 29 heavy (non-hydrogen) atoms. The summed E-state index contributed by atoms with van der Waals surface area (Å²) in [5.41, 5.74) is 11.3. The maximum atomic E-state index is 9.51. The highest BCUT2D eigenvalue weighted by atomic mass is 35.5. The first-order valence-electron chi connectivity index (χ1n) is 8.93. The second kappa shape index (κ2) is 7.51. The van der Waals surface area contributed by atoms with Crippen LogP contribution in [0.25, 0.3) is 5.69 Å². The largest absolute Gasteiger partial charge is 0.497 e. The summed E-state index contributed by atoms with van der Waals surface area (Å²) in [6.45, 7) is 0. The van der Waals surface area contributed by atoms with E-state index in [-0.39, 0.29) is 0 Å². The van der Waals surface area contributed by atoms with Crippen molar-refractivity contribution < 1.29 is 4.74 Å². The lowest BCUT2D eigenvalue weighted by Crippen LogP contribution is -2.33. The van der Waals surface area contributed by atoms with E-state index in [0.717, 1.165) is 16.9 Å². The third-order valence-corrected chi connectivity index (χ3v) is 5.19. The first kappa shape index (κ1) is 18.9. The predicted octanol–water partition coefficient (Wildman–Crippen LogP) is 3.06. The number of aromatic nitrogens is 2. The Balaban J connectivity index is 1.88. The molecule has 0 spiro atoms. The first-order chi connectivity index (χ1) is 14.0. The van der Waals surface area contributed by atoms with Gasteiger partial charge in [-0.05, 0) is 29.8 Å². The van der Waals surface area contributed by atoms with Gasteiger partial charge in [-0.2, -0.15) is 5.26 Å². The number of fused-ring (bicyclic) bond motifs is 3. The molecule has 1 aromatic heterocycles. The standard InChI is InChI=1S/C21H19ClN6O/c1-29-15-5-6-18-21(9-15)28(25)19(10-20-17(11-23)26-12-27(18)20)16(24)8-13-3-2-4-14(22)7-13/h2-7,9,12H,8,10,24-25H2,1H3/b19-16-. The van der Waals surface area contributed by atoms with Crippen molar-refractivity contribution in [3.05, 3.63) is 82.2 Å². The number of methoxy groups -OCH3 is 1. The van der Waals surface area contributed by atoms with Crippen molar-refractivity contribution in [3.63, 3.8) is 0 Å². The van der Waals surface area contributed by atoms with Crippen molar-refractivity contribution in [3.8, 4) is 17.5 Å². The Morgan fingerprint density at radius 3 is 2.83 bits per heavy atom. The molecule has 0 unspecified atom stereocenters. The van der Waals surface area contributed by atoms with E-state index in [1.165, 1.54) is 0 Å². The van der Waals surface area contributed by atoms with Gasteiger partial charge in [0.1, 0.15) is 18.1 Å². The molecule has 0 amide bonds. The Labute approximate surface area is 173 Å². The van der Waals surface area contributed by atoms with Crippen LogP contribution in [0.5, 0.6) is 5.75 Å². The molecule has 4 N–H and O–H groups in total. The lowest BCUT2D eigenvalue weighted by atomic mass is 10.1. The zero-order chi connectivity index (χ0) is 20.5. The van der Waals surface area contributed by atoms with Crippen molar-refractivity contribution in [2.24, 2.45) is 11.6 Å². The van der Waals surface area contributed by atoms with Gasteiger partial charge in [-0.15, -0.1) is 0 Å². The van der Waals surface area contributed by atoms with E-state index in [1.54, 1.807) is 18.4 Å². The molecule has 0 saturated carbocycles. The average Bonchev–Trinajstić information content (AvgIpc) is 3.08. The fourth-order valence-electron chi connectivity index (χ4n) is 3.50. The van der Waals surface area contributed by atoms with Crippen molar-refractivity contribution in [2.45, 2.75) is 12.8 Å². The predicted molar refractivity (Wildman–Crippen MR) is 112 cm³/mol. The van der Waals surface area contributed by atoms with Crippen LogP contribution in [0.1, 0.15) is 17.0 Å². The van der Waals surface area contributed by atoms with Crippen LogP contribution in [0.15, 0.2) is 60.2 Å². The summed E-state index contributed by atoms with van der Waals surface area (Å²) in [5.74, 6) is 7.19. The van der Waals surface area contributed by atoms with Crippen LogP contribution in [-0.4, -0.2) is 16.7 Å².